The van der Waals surface area contributed by atoms with E-state index in [-0.39, 0.29) is 29.1 Å². The maximum atomic E-state index is 13.0. The molecule has 4 aromatic rings. The van der Waals surface area contributed by atoms with Crippen molar-refractivity contribution in [3.05, 3.63) is 97.8 Å². The molecule has 0 atom stereocenters. The molecule has 0 aliphatic rings. The van der Waals surface area contributed by atoms with Crippen LogP contribution in [0.5, 0.6) is 0 Å². The zero-order valence-corrected chi connectivity index (χ0v) is 16.5. The quantitative estimate of drug-likeness (QED) is 0.275. The molecule has 0 amide bonds. The third-order valence-electron chi connectivity index (χ3n) is 5.22. The second kappa shape index (κ2) is 7.47. The lowest BCUT2D eigenvalue weighted by molar-refractivity contribution is -0.384. The van der Waals surface area contributed by atoms with Crippen LogP contribution in [0.4, 0.5) is 5.69 Å². The minimum Gasteiger partial charge on any atom is -0.408 e. The number of ketones is 1. The molecule has 2 aromatic carbocycles. The summed E-state index contributed by atoms with van der Waals surface area (Å²) in [5, 5.41) is 11.1. The summed E-state index contributed by atoms with van der Waals surface area (Å²) in [6.45, 7) is 4.16. The third kappa shape index (κ3) is 3.43. The highest BCUT2D eigenvalue weighted by molar-refractivity contribution is 5.98. The lowest BCUT2D eigenvalue weighted by atomic mass is 10.1. The zero-order valence-electron chi connectivity index (χ0n) is 16.5. The minimum atomic E-state index is -0.725. The molecule has 0 saturated carbocycles. The number of non-ortho nitro benzene ring substituents is 1. The summed E-state index contributed by atoms with van der Waals surface area (Å²) < 4.78 is 8.31. The fraction of sp³-hybridized carbons (Fsp3) is 0.182. The Hall–Kier alpha value is -3.94. The maximum Gasteiger partial charge on any atom is 0.420 e. The molecule has 0 aliphatic heterocycles. The topological polar surface area (TPSA) is 100 Å². The Morgan fingerprint density at radius 2 is 1.80 bits per heavy atom. The number of carbonyl (C=O) groups excluding carboxylic acids is 1. The van der Waals surface area contributed by atoms with Crippen molar-refractivity contribution in [3.63, 3.8) is 0 Å². The number of aromatic nitrogens is 2. The number of nitrogens with zero attached hydrogens (tertiary/aromatic N) is 3. The largest absolute Gasteiger partial charge is 0.420 e. The van der Waals surface area contributed by atoms with E-state index in [9.17, 15) is 19.7 Å². The van der Waals surface area contributed by atoms with Crippen LogP contribution in [0.25, 0.3) is 11.1 Å². The van der Waals surface area contributed by atoms with Crippen LogP contribution in [0.15, 0.2) is 63.8 Å². The van der Waals surface area contributed by atoms with Crippen LogP contribution in [0, 0.1) is 24.0 Å². The first-order valence-electron chi connectivity index (χ1n) is 9.37. The molecule has 152 valence electrons. The molecule has 0 fully saturated rings. The van der Waals surface area contributed by atoms with Gasteiger partial charge in [0.2, 0.25) is 0 Å². The highest BCUT2D eigenvalue weighted by Crippen LogP contribution is 2.22. The van der Waals surface area contributed by atoms with Gasteiger partial charge >= 0.3 is 5.76 Å². The van der Waals surface area contributed by atoms with Crippen LogP contribution in [0.1, 0.15) is 27.3 Å². The van der Waals surface area contributed by atoms with E-state index in [4.69, 9.17) is 4.42 Å². The van der Waals surface area contributed by atoms with Crippen molar-refractivity contribution in [2.24, 2.45) is 0 Å². The molecule has 30 heavy (non-hydrogen) atoms. The van der Waals surface area contributed by atoms with E-state index in [1.807, 2.05) is 48.7 Å². The summed E-state index contributed by atoms with van der Waals surface area (Å²) in [6.07, 6.45) is 0. The highest BCUT2D eigenvalue weighted by Gasteiger charge is 2.20. The number of nitro benzene ring substituents is 1. The highest BCUT2D eigenvalue weighted by atomic mass is 16.6. The van der Waals surface area contributed by atoms with E-state index in [0.717, 1.165) is 21.5 Å². The number of benzene rings is 2. The first-order valence-corrected chi connectivity index (χ1v) is 9.37. The molecule has 0 radical (unpaired) electrons. The summed E-state index contributed by atoms with van der Waals surface area (Å²) in [7, 11) is 0. The van der Waals surface area contributed by atoms with E-state index in [1.165, 1.54) is 18.2 Å². The number of carbonyl (C=O) groups is 1. The predicted molar refractivity (Wildman–Crippen MR) is 111 cm³/mol. The van der Waals surface area contributed by atoms with Gasteiger partial charge in [0.1, 0.15) is 0 Å². The number of hydrogen-bond donors (Lipinski definition) is 0. The molecule has 4 rings (SSSR count). The number of Topliss-reactive ketones (excluding diaryl/α,β-unsaturated/α-hetero) is 1. The van der Waals surface area contributed by atoms with E-state index < -0.39 is 10.7 Å². The molecule has 0 unspecified atom stereocenters. The molecule has 0 saturated heterocycles. The average Bonchev–Trinajstić information content (AvgIpc) is 3.19. The fourth-order valence-electron chi connectivity index (χ4n) is 3.64. The van der Waals surface area contributed by atoms with Gasteiger partial charge in [-0.1, -0.05) is 30.3 Å². The molecule has 8 heteroatoms. The number of fused-ring (bicyclic) bond motifs is 1. The van der Waals surface area contributed by atoms with Gasteiger partial charge in [-0.3, -0.25) is 19.5 Å². The van der Waals surface area contributed by atoms with Crippen molar-refractivity contribution in [2.75, 3.05) is 0 Å². The molecular weight excluding hydrogens is 386 g/mol. The van der Waals surface area contributed by atoms with Crippen molar-refractivity contribution >= 4 is 22.6 Å². The maximum absolute atomic E-state index is 13.0. The summed E-state index contributed by atoms with van der Waals surface area (Å²) in [5.74, 6) is -0.990. The normalized spacial score (nSPS) is 11.1. The molecular formula is C22H19N3O5. The smallest absolute Gasteiger partial charge is 0.408 e. The van der Waals surface area contributed by atoms with Crippen molar-refractivity contribution in [2.45, 2.75) is 26.9 Å². The first-order chi connectivity index (χ1) is 14.3. The Balaban J connectivity index is 1.67. The Kier molecular flexibility index (Phi) is 4.83. The molecule has 2 aromatic heterocycles. The van der Waals surface area contributed by atoms with Crippen LogP contribution < -0.4 is 5.76 Å². The van der Waals surface area contributed by atoms with E-state index >= 15 is 0 Å². The van der Waals surface area contributed by atoms with Crippen LogP contribution in [0.2, 0.25) is 0 Å². The van der Waals surface area contributed by atoms with E-state index in [2.05, 4.69) is 0 Å². The van der Waals surface area contributed by atoms with Crippen molar-refractivity contribution in [3.8, 4) is 0 Å². The lowest BCUT2D eigenvalue weighted by Crippen LogP contribution is -2.20. The molecule has 0 N–H and O–H groups in total. The fourth-order valence-corrected chi connectivity index (χ4v) is 3.64. The Morgan fingerprint density at radius 1 is 1.07 bits per heavy atom. The van der Waals surface area contributed by atoms with Gasteiger partial charge < -0.3 is 8.98 Å². The van der Waals surface area contributed by atoms with Crippen LogP contribution in [-0.4, -0.2) is 19.8 Å². The second-order valence-corrected chi connectivity index (χ2v) is 7.14. The summed E-state index contributed by atoms with van der Waals surface area (Å²) in [5.41, 5.74) is 3.60. The van der Waals surface area contributed by atoms with E-state index in [1.54, 1.807) is 6.07 Å². The zero-order chi connectivity index (χ0) is 21.4. The minimum absolute atomic E-state index is 0.175. The first kappa shape index (κ1) is 19.4. The SMILES string of the molecule is Cc1cc(C(=O)Cn2c(=O)oc3ccc([N+](=O)[O-])cc32)c(C)n1Cc1ccccc1. The van der Waals surface area contributed by atoms with Crippen molar-refractivity contribution < 1.29 is 14.1 Å². The number of aryl methyl sites for hydroxylation is 1. The number of oxazole rings is 1. The summed E-state index contributed by atoms with van der Waals surface area (Å²) >= 11 is 0. The number of rotatable bonds is 6. The summed E-state index contributed by atoms with van der Waals surface area (Å²) in [6, 6.07) is 15.6. The molecule has 0 bridgehead atoms. The van der Waals surface area contributed by atoms with Gasteiger partial charge in [-0.25, -0.2) is 4.79 Å². The Bertz CT molecular complexity index is 1330. The summed E-state index contributed by atoms with van der Waals surface area (Å²) in [4.78, 5) is 35.8. The second-order valence-electron chi connectivity index (χ2n) is 7.14. The standard InChI is InChI=1S/C22H19N3O5/c1-14-10-18(15(2)23(14)12-16-6-4-3-5-7-16)20(26)13-24-19-11-17(25(28)29)8-9-21(19)30-22(24)27/h3-11H,12-13H2,1-2H3. The predicted octanol–water partition coefficient (Wildman–Crippen LogP) is 3.85. The van der Waals surface area contributed by atoms with Crippen LogP contribution in [-0.2, 0) is 13.1 Å². The van der Waals surface area contributed by atoms with Gasteiger partial charge in [0.25, 0.3) is 5.69 Å². The van der Waals surface area contributed by atoms with Gasteiger partial charge in [-0.15, -0.1) is 0 Å². The Labute approximate surface area is 171 Å². The van der Waals surface area contributed by atoms with Crippen LogP contribution >= 0.6 is 0 Å². The van der Waals surface area contributed by atoms with Gasteiger partial charge in [0.05, 0.1) is 17.0 Å². The van der Waals surface area contributed by atoms with Crippen molar-refractivity contribution in [1.29, 1.82) is 0 Å². The average molecular weight is 405 g/mol. The molecule has 2 heterocycles. The van der Waals surface area contributed by atoms with Crippen LogP contribution in [0.3, 0.4) is 0 Å². The van der Waals surface area contributed by atoms with Gasteiger partial charge in [0, 0.05) is 35.6 Å². The van der Waals surface area contributed by atoms with Gasteiger partial charge in [0.15, 0.2) is 11.4 Å². The molecule has 8 nitrogen and oxygen atoms in total. The third-order valence-corrected chi connectivity index (χ3v) is 5.22. The molecule has 0 aliphatic carbocycles. The Morgan fingerprint density at radius 3 is 2.50 bits per heavy atom. The monoisotopic (exact) mass is 405 g/mol. The van der Waals surface area contributed by atoms with E-state index in [0.29, 0.717) is 12.1 Å². The van der Waals surface area contributed by atoms with Gasteiger partial charge in [-0.05, 0) is 31.5 Å². The lowest BCUT2D eigenvalue weighted by Gasteiger charge is -2.10. The number of hydrogen-bond acceptors (Lipinski definition) is 5. The van der Waals surface area contributed by atoms with Gasteiger partial charge in [-0.2, -0.15) is 0 Å². The molecule has 0 spiro atoms. The van der Waals surface area contributed by atoms with Crippen molar-refractivity contribution in [1.82, 2.24) is 9.13 Å². The number of nitro groups is 1.